The van der Waals surface area contributed by atoms with Crippen LogP contribution in [0.2, 0.25) is 0 Å². The van der Waals surface area contributed by atoms with Crippen molar-refractivity contribution in [1.29, 1.82) is 0 Å². The smallest absolute Gasteiger partial charge is 0.326 e. The first-order valence-corrected chi connectivity index (χ1v) is 38.7. The van der Waals surface area contributed by atoms with Crippen molar-refractivity contribution in [3.63, 3.8) is 0 Å². The highest BCUT2D eigenvalue weighted by Crippen LogP contribution is 2.37. The molecule has 6 aliphatic carbocycles. The van der Waals surface area contributed by atoms with Gasteiger partial charge in [0.2, 0.25) is 59.1 Å². The number of carbonyl (C=O) groups excluding carboxylic acids is 10. The molecule has 6 rings (SSSR count). The fraction of sp³-hybridized carbons (Fsp3) is 0.847. The topological polar surface area (TPSA) is 484 Å². The van der Waals surface area contributed by atoms with Gasteiger partial charge in [-0.3, -0.25) is 47.9 Å². The van der Waals surface area contributed by atoms with Crippen molar-refractivity contribution in [2.45, 2.75) is 352 Å². The van der Waals surface area contributed by atoms with E-state index < -0.39 is 123 Å². The molecule has 0 aromatic carbocycles. The van der Waals surface area contributed by atoms with E-state index in [4.69, 9.17) is 34.4 Å². The first-order valence-electron chi connectivity index (χ1n) is 38.7. The normalized spacial score (nSPS) is 21.3. The van der Waals surface area contributed by atoms with Gasteiger partial charge in [-0.1, -0.05) is 116 Å². The lowest BCUT2D eigenvalue weighted by Crippen LogP contribution is -2.71. The van der Waals surface area contributed by atoms with Crippen LogP contribution in [0.25, 0.3) is 0 Å². The average molecular weight is 1410 g/mol. The Balaban J connectivity index is 1.22. The number of carboxylic acids is 1. The zero-order chi connectivity index (χ0) is 72.7. The summed E-state index contributed by atoms with van der Waals surface area (Å²) in [6, 6.07) is -5.86. The number of hydrogen-bond donors (Lipinski definition) is 17. The van der Waals surface area contributed by atoms with Gasteiger partial charge in [0.25, 0.3) is 0 Å². The van der Waals surface area contributed by atoms with Gasteiger partial charge in [-0.15, -0.1) is 0 Å². The maximum Gasteiger partial charge on any atom is 0.326 e. The molecule has 0 aromatic heterocycles. The Bertz CT molecular complexity index is 2660. The molecule has 0 aliphatic heterocycles. The minimum Gasteiger partial charge on any atom is -0.480 e. The lowest BCUT2D eigenvalue weighted by molar-refractivity contribution is -0.144. The molecule has 5 atom stereocenters. The summed E-state index contributed by atoms with van der Waals surface area (Å²) in [6.07, 6.45) is 21.8. The van der Waals surface area contributed by atoms with Crippen molar-refractivity contribution < 1.29 is 57.8 Å². The number of rotatable bonds is 41. The second-order valence-electron chi connectivity index (χ2n) is 30.2. The Morgan fingerprint density at radius 3 is 0.750 bits per heavy atom. The summed E-state index contributed by atoms with van der Waals surface area (Å²) in [5, 5.41) is 40.2. The molecular weight excluding hydrogens is 1280 g/mol. The number of aliphatic carboxylic acids is 1. The van der Waals surface area contributed by atoms with Crippen LogP contribution in [0.5, 0.6) is 0 Å². The van der Waals surface area contributed by atoms with Gasteiger partial charge < -0.3 is 92.7 Å². The Kier molecular flexibility index (Phi) is 34.2. The van der Waals surface area contributed by atoms with Gasteiger partial charge in [0, 0.05) is 0 Å². The highest BCUT2D eigenvalue weighted by molar-refractivity contribution is 6.03. The molecule has 28 heteroatoms. The lowest BCUT2D eigenvalue weighted by atomic mass is 9.76. The molecule has 6 fully saturated rings. The number of unbranched alkanes of at least 4 members (excludes halogenated alkanes) is 5. The largest absolute Gasteiger partial charge is 0.480 e. The van der Waals surface area contributed by atoms with E-state index in [-0.39, 0.29) is 89.4 Å². The van der Waals surface area contributed by atoms with Gasteiger partial charge in [0.1, 0.15) is 57.9 Å². The molecule has 0 spiro atoms. The van der Waals surface area contributed by atoms with E-state index in [9.17, 15) is 33.9 Å². The zero-order valence-electron chi connectivity index (χ0n) is 60.1. The van der Waals surface area contributed by atoms with Crippen LogP contribution in [-0.4, -0.2) is 166 Å². The van der Waals surface area contributed by atoms with Crippen molar-refractivity contribution in [3.05, 3.63) is 0 Å². The second kappa shape index (κ2) is 41.3. The van der Waals surface area contributed by atoms with Gasteiger partial charge in [0.05, 0.1) is 5.54 Å². The van der Waals surface area contributed by atoms with Gasteiger partial charge >= 0.3 is 5.97 Å². The van der Waals surface area contributed by atoms with Crippen LogP contribution in [0.4, 0.5) is 0 Å². The molecule has 568 valence electrons. The maximum absolute atomic E-state index is 15.5. The van der Waals surface area contributed by atoms with Crippen LogP contribution in [0.3, 0.4) is 0 Å². The average Bonchev–Trinajstić information content (AvgIpc) is 0.780. The Labute approximate surface area is 593 Å². The highest BCUT2D eigenvalue weighted by atomic mass is 16.4. The summed E-state index contributed by atoms with van der Waals surface area (Å²) in [5.41, 5.74) is 27.6. The van der Waals surface area contributed by atoms with Crippen molar-refractivity contribution in [3.8, 4) is 0 Å². The molecule has 28 nitrogen and oxygen atoms in total. The fourth-order valence-electron chi connectivity index (χ4n) is 16.1. The third-order valence-electron chi connectivity index (χ3n) is 22.5. The summed E-state index contributed by atoms with van der Waals surface area (Å²) < 4.78 is 0. The number of nitrogens with one attached hydrogen (secondary N) is 10. The molecule has 0 radical (unpaired) electrons. The predicted molar refractivity (Wildman–Crippen MR) is 382 cm³/mol. The second-order valence-corrected chi connectivity index (χ2v) is 30.2. The molecular formula is C72H128N16O12. The van der Waals surface area contributed by atoms with E-state index in [1.165, 1.54) is 0 Å². The van der Waals surface area contributed by atoms with Crippen LogP contribution >= 0.6 is 0 Å². The minimum atomic E-state index is -1.53. The third-order valence-corrected chi connectivity index (χ3v) is 22.5. The van der Waals surface area contributed by atoms with Gasteiger partial charge in [-0.2, -0.15) is 0 Å². The fourth-order valence-corrected chi connectivity index (χ4v) is 16.1. The number of hydrogen-bond acceptors (Lipinski definition) is 17. The molecule has 0 bridgehead atoms. The highest BCUT2D eigenvalue weighted by Gasteiger charge is 2.53. The summed E-state index contributed by atoms with van der Waals surface area (Å²) in [5.74, 6) is -6.94. The molecule has 6 aliphatic rings. The molecule has 23 N–H and O–H groups in total. The monoisotopic (exact) mass is 1410 g/mol. The molecule has 0 saturated heterocycles. The van der Waals surface area contributed by atoms with Crippen LogP contribution in [0.1, 0.15) is 289 Å². The number of carboxylic acid groups (broad SMARTS) is 1. The Morgan fingerprint density at radius 2 is 0.480 bits per heavy atom. The standard InChI is InChI=1S/C72H128N16O12/c73-46-24-7-29-51(81-62(96)68(36-14-2-15-37-68)86-61(95)67(78)34-12-1-13-35-67)56(89)79-53(31-9-26-48-75)58(91)84-71(42-20-5-21-43-71)65(99)88-70(40-18-4-19-41-70)64(98)83-54(32-10-27-49-76)59(92)85-72(44-22-6-23-45-72)66(100)87-69(38-16-3-17-39-69)63(97)82-52(30-8-25-47-74)57(90)80-55(60(93)94)33-11-28-50-77/h51-55H,1-50,73-78H2,(H,79,89)(H,80,90)(H,81,96)(H,82,97)(H,83,98)(H,84,91)(H,85,92)(H,86,95)(H,87,100)(H,88,99)(H,93,94)/t51-,52+,53+,54-,55-/m0/s1. The van der Waals surface area contributed by atoms with Crippen LogP contribution in [0.15, 0.2) is 0 Å². The predicted octanol–water partition coefficient (Wildman–Crippen LogP) is 2.90. The van der Waals surface area contributed by atoms with Crippen LogP contribution in [0, 0.1) is 0 Å². The summed E-state index contributed by atoms with van der Waals surface area (Å²) in [6.45, 7) is 1.66. The quantitative estimate of drug-likeness (QED) is 0.0391. The SMILES string of the molecule is NCCCC[C@H](NC(=O)[C@@H](CCCCN)NC(=O)C1(NC(=O)C2(NC(=O)[C@H](CCCCN)NC(=O)C3(NC(=O)C4(NC(=O)[C@@H](CCCCN)NC(=O)[C@H](CCCCN)NC(=O)C5(NC(=O)C6(N)CCCCC6)CCCCC5)CCCCC4)CCCCC3)CCCCC2)CCCCC1)C(=O)O. The zero-order valence-corrected chi connectivity index (χ0v) is 60.1. The van der Waals surface area contributed by atoms with Gasteiger partial charge in [0.15, 0.2) is 0 Å². The number of amides is 10. The van der Waals surface area contributed by atoms with Crippen molar-refractivity contribution in [2.24, 2.45) is 34.4 Å². The molecule has 0 unspecified atom stereocenters. The molecule has 100 heavy (non-hydrogen) atoms. The molecule has 10 amide bonds. The van der Waals surface area contributed by atoms with E-state index in [2.05, 4.69) is 53.2 Å². The van der Waals surface area contributed by atoms with Crippen molar-refractivity contribution in [2.75, 3.05) is 32.7 Å². The van der Waals surface area contributed by atoms with Crippen LogP contribution in [-0.2, 0) is 52.7 Å². The molecule has 6 saturated carbocycles. The Hall–Kier alpha value is -6.07. The first kappa shape index (κ1) is 82.9. The van der Waals surface area contributed by atoms with E-state index in [0.29, 0.717) is 187 Å². The van der Waals surface area contributed by atoms with E-state index in [1.807, 2.05) is 0 Å². The van der Waals surface area contributed by atoms with E-state index >= 15 is 24.0 Å². The van der Waals surface area contributed by atoms with Crippen LogP contribution < -0.4 is 87.6 Å². The Morgan fingerprint density at radius 1 is 0.260 bits per heavy atom. The molecule has 0 aromatic rings. The number of nitrogens with two attached hydrogens (primary N) is 6. The summed E-state index contributed by atoms with van der Waals surface area (Å²) in [7, 11) is 0. The summed E-state index contributed by atoms with van der Waals surface area (Å²) in [4.78, 5) is 161. The molecule has 0 heterocycles. The van der Waals surface area contributed by atoms with E-state index in [0.717, 1.165) is 51.4 Å². The first-order chi connectivity index (χ1) is 48.0. The third kappa shape index (κ3) is 23.5. The van der Waals surface area contributed by atoms with Gasteiger partial charge in [-0.25, -0.2) is 4.79 Å². The minimum absolute atomic E-state index is 0.132. The maximum atomic E-state index is 15.5. The lowest BCUT2D eigenvalue weighted by Gasteiger charge is -2.44. The van der Waals surface area contributed by atoms with Gasteiger partial charge in [-0.05, 0) is 206 Å². The van der Waals surface area contributed by atoms with Crippen molar-refractivity contribution >= 4 is 65.0 Å². The number of carbonyl (C=O) groups is 11. The van der Waals surface area contributed by atoms with Crippen molar-refractivity contribution in [1.82, 2.24) is 53.2 Å². The summed E-state index contributed by atoms with van der Waals surface area (Å²) >= 11 is 0. The van der Waals surface area contributed by atoms with E-state index in [1.54, 1.807) is 0 Å².